The van der Waals surface area contributed by atoms with Crippen LogP contribution in [0.1, 0.15) is 73.5 Å². The molecule has 1 saturated heterocycles. The minimum Gasteiger partial charge on any atom is -0.469 e. The van der Waals surface area contributed by atoms with Gasteiger partial charge >= 0.3 is 19.2 Å². The molecule has 0 radical (unpaired) electrons. The van der Waals surface area contributed by atoms with Crippen LogP contribution in [0.4, 0.5) is 4.79 Å². The molecule has 0 saturated carbocycles. The van der Waals surface area contributed by atoms with Crippen molar-refractivity contribution in [3.8, 4) is 11.1 Å². The molecule has 1 heterocycles. The third-order valence-electron chi connectivity index (χ3n) is 8.71. The Labute approximate surface area is 258 Å². The number of hydrogen-bond donors (Lipinski definition) is 1. The van der Waals surface area contributed by atoms with Crippen molar-refractivity contribution in [3.63, 3.8) is 0 Å². The van der Waals surface area contributed by atoms with Gasteiger partial charge in [-0.25, -0.2) is 4.79 Å². The van der Waals surface area contributed by atoms with Gasteiger partial charge in [0.25, 0.3) is 0 Å². The van der Waals surface area contributed by atoms with Crippen molar-refractivity contribution < 1.29 is 33.2 Å². The number of Topliss-reactive ketones (excluding diaryl/α,β-unsaturated/α-hetero) is 1. The van der Waals surface area contributed by atoms with E-state index in [0.29, 0.717) is 11.0 Å². The summed E-state index contributed by atoms with van der Waals surface area (Å²) in [6.45, 7) is 8.22. The van der Waals surface area contributed by atoms with Crippen LogP contribution in [0.2, 0.25) is 0 Å². The average molecular weight is 596 g/mol. The Morgan fingerprint density at radius 3 is 1.98 bits per heavy atom. The van der Waals surface area contributed by atoms with E-state index in [2.05, 4.69) is 34.3 Å². The summed E-state index contributed by atoms with van der Waals surface area (Å²) in [5, 5.41) is 2.88. The number of methoxy groups -OCH3 is 1. The van der Waals surface area contributed by atoms with Gasteiger partial charge in [0.1, 0.15) is 6.61 Å². The smallest absolute Gasteiger partial charge is 0.469 e. The maximum Gasteiger partial charge on any atom is 0.492 e. The molecule has 0 bridgehead atoms. The molecule has 1 fully saturated rings. The van der Waals surface area contributed by atoms with Gasteiger partial charge in [0.15, 0.2) is 5.78 Å². The number of benzene rings is 3. The first kappa shape index (κ1) is 31.2. The zero-order valence-corrected chi connectivity index (χ0v) is 25.8. The molecule has 1 aliphatic carbocycles. The predicted molar refractivity (Wildman–Crippen MR) is 169 cm³/mol. The second kappa shape index (κ2) is 12.8. The van der Waals surface area contributed by atoms with Gasteiger partial charge in [0, 0.05) is 24.4 Å². The fourth-order valence-electron chi connectivity index (χ4n) is 5.46. The molecule has 44 heavy (non-hydrogen) atoms. The normalized spacial score (nSPS) is 16.7. The maximum absolute atomic E-state index is 13.0. The van der Waals surface area contributed by atoms with Gasteiger partial charge in [0.05, 0.1) is 24.7 Å². The second-order valence-corrected chi connectivity index (χ2v) is 12.1. The number of ether oxygens (including phenoxy) is 2. The number of hydrogen-bond acceptors (Lipinski definition) is 7. The summed E-state index contributed by atoms with van der Waals surface area (Å²) < 4.78 is 23.0. The first-order valence-corrected chi connectivity index (χ1v) is 14.8. The molecule has 1 N–H and O–H groups in total. The first-order chi connectivity index (χ1) is 21.0. The van der Waals surface area contributed by atoms with Crippen molar-refractivity contribution >= 4 is 31.0 Å². The van der Waals surface area contributed by atoms with Crippen LogP contribution in [-0.4, -0.2) is 56.4 Å². The monoisotopic (exact) mass is 595 g/mol. The highest BCUT2D eigenvalue weighted by Gasteiger charge is 2.52. The number of carbonyl (C=O) groups is 3. The molecule has 0 atom stereocenters. The highest BCUT2D eigenvalue weighted by atomic mass is 16.7. The SMILES string of the molecule is COC(=O)CCC(=O)c1ccc(C=C(CNC(=O)OCC2c3ccccc3-c3ccccc32)B2OC(C)(C)C(C)(C)O2)cc1. The van der Waals surface area contributed by atoms with Crippen molar-refractivity contribution in [2.75, 3.05) is 20.3 Å². The lowest BCUT2D eigenvalue weighted by atomic mass is 9.77. The minimum absolute atomic E-state index is 0.0323. The van der Waals surface area contributed by atoms with Crippen LogP contribution in [0.15, 0.2) is 78.3 Å². The van der Waals surface area contributed by atoms with Gasteiger partial charge < -0.3 is 24.1 Å². The van der Waals surface area contributed by atoms with E-state index < -0.39 is 30.4 Å². The second-order valence-electron chi connectivity index (χ2n) is 12.1. The predicted octanol–water partition coefficient (Wildman–Crippen LogP) is 6.38. The van der Waals surface area contributed by atoms with Crippen molar-refractivity contribution in [2.45, 2.75) is 57.7 Å². The summed E-state index contributed by atoms with van der Waals surface area (Å²) >= 11 is 0. The Morgan fingerprint density at radius 1 is 0.841 bits per heavy atom. The third-order valence-corrected chi connectivity index (χ3v) is 8.71. The number of esters is 1. The molecule has 9 heteroatoms. The molecule has 3 aromatic carbocycles. The fraction of sp³-hybridized carbons (Fsp3) is 0.343. The van der Waals surface area contributed by atoms with E-state index in [9.17, 15) is 14.4 Å². The van der Waals surface area contributed by atoms with Crippen molar-refractivity contribution in [1.29, 1.82) is 0 Å². The van der Waals surface area contributed by atoms with Crippen molar-refractivity contribution in [1.82, 2.24) is 5.32 Å². The van der Waals surface area contributed by atoms with Crippen LogP contribution in [0, 0.1) is 0 Å². The van der Waals surface area contributed by atoms with Crippen LogP contribution < -0.4 is 5.32 Å². The average Bonchev–Trinajstić information content (AvgIpc) is 3.45. The van der Waals surface area contributed by atoms with E-state index >= 15 is 0 Å². The Hall–Kier alpha value is -4.21. The van der Waals surface area contributed by atoms with Crippen molar-refractivity contribution in [3.05, 3.63) is 101 Å². The summed E-state index contributed by atoms with van der Waals surface area (Å²) in [4.78, 5) is 36.9. The number of carbonyl (C=O) groups excluding carboxylic acids is 3. The molecule has 1 aliphatic heterocycles. The van der Waals surface area contributed by atoms with Gasteiger partial charge in [0.2, 0.25) is 0 Å². The van der Waals surface area contributed by atoms with Gasteiger partial charge in [-0.2, -0.15) is 0 Å². The van der Waals surface area contributed by atoms with Gasteiger partial charge in [-0.15, -0.1) is 0 Å². The lowest BCUT2D eigenvalue weighted by Crippen LogP contribution is -2.41. The molecular formula is C35H38BNO7. The molecule has 8 nitrogen and oxygen atoms in total. The number of fused-ring (bicyclic) bond motifs is 3. The molecule has 0 aromatic heterocycles. The van der Waals surface area contributed by atoms with E-state index in [-0.39, 0.29) is 37.7 Å². The third kappa shape index (κ3) is 6.64. The molecule has 5 rings (SSSR count). The molecule has 2 aliphatic rings. The summed E-state index contributed by atoms with van der Waals surface area (Å²) in [5.74, 6) is -0.608. The van der Waals surface area contributed by atoms with Crippen LogP contribution in [-0.2, 0) is 23.6 Å². The fourth-order valence-corrected chi connectivity index (χ4v) is 5.46. The Kier molecular flexibility index (Phi) is 9.09. The highest BCUT2D eigenvalue weighted by Crippen LogP contribution is 2.44. The summed E-state index contributed by atoms with van der Waals surface area (Å²) in [5.41, 5.74) is 5.47. The Balaban J connectivity index is 1.28. The van der Waals surface area contributed by atoms with Gasteiger partial charge in [-0.3, -0.25) is 9.59 Å². The molecular weight excluding hydrogens is 557 g/mol. The molecule has 0 spiro atoms. The van der Waals surface area contributed by atoms with Crippen LogP contribution in [0.5, 0.6) is 0 Å². The summed E-state index contributed by atoms with van der Waals surface area (Å²) in [7, 11) is 0.601. The van der Waals surface area contributed by atoms with E-state index in [0.717, 1.165) is 16.7 Å². The quantitative estimate of drug-likeness (QED) is 0.165. The van der Waals surface area contributed by atoms with E-state index in [1.165, 1.54) is 18.2 Å². The number of rotatable bonds is 10. The summed E-state index contributed by atoms with van der Waals surface area (Å²) in [6.07, 6.45) is 1.45. The minimum atomic E-state index is -0.699. The number of amides is 1. The largest absolute Gasteiger partial charge is 0.492 e. The zero-order chi connectivity index (χ0) is 31.5. The number of ketones is 1. The topological polar surface area (TPSA) is 100 Å². The standard InChI is InChI=1S/C35H38BNO7/c1-34(2)35(3,4)44-36(43-34)25(20-23-14-16-24(17-15-23)31(38)18-19-32(39)41-5)21-37-33(40)42-22-30-28-12-8-6-10-26(28)27-11-7-9-13-29(27)30/h6-17,20,30H,18-19,21-22H2,1-5H3,(H,37,40). The van der Waals surface area contributed by atoms with Crippen LogP contribution in [0.25, 0.3) is 17.2 Å². The van der Waals surface area contributed by atoms with E-state index in [1.807, 2.05) is 70.2 Å². The maximum atomic E-state index is 13.0. The van der Waals surface area contributed by atoms with Crippen LogP contribution in [0.3, 0.4) is 0 Å². The highest BCUT2D eigenvalue weighted by molar-refractivity contribution is 6.56. The first-order valence-electron chi connectivity index (χ1n) is 14.8. The van der Waals surface area contributed by atoms with E-state index in [1.54, 1.807) is 12.1 Å². The molecule has 0 unspecified atom stereocenters. The van der Waals surface area contributed by atoms with Crippen LogP contribution >= 0.6 is 0 Å². The lowest BCUT2D eigenvalue weighted by Gasteiger charge is -2.32. The lowest BCUT2D eigenvalue weighted by molar-refractivity contribution is -0.140. The Morgan fingerprint density at radius 2 is 1.41 bits per heavy atom. The Bertz CT molecular complexity index is 1520. The van der Waals surface area contributed by atoms with Gasteiger partial charge in [-0.1, -0.05) is 78.9 Å². The molecule has 228 valence electrons. The van der Waals surface area contributed by atoms with Crippen molar-refractivity contribution in [2.24, 2.45) is 0 Å². The zero-order valence-electron chi connectivity index (χ0n) is 25.8. The number of alkyl carbamates (subject to hydrolysis) is 1. The van der Waals surface area contributed by atoms with E-state index in [4.69, 9.17) is 14.0 Å². The molecule has 1 amide bonds. The molecule has 3 aromatic rings. The number of nitrogens with one attached hydrogen (secondary N) is 1. The van der Waals surface area contributed by atoms with Gasteiger partial charge in [-0.05, 0) is 61.0 Å². The summed E-state index contributed by atoms with van der Waals surface area (Å²) in [6, 6.07) is 23.5.